The molecule has 0 aliphatic rings. The number of fused-ring (bicyclic) bond motifs is 1. The predicted octanol–water partition coefficient (Wildman–Crippen LogP) is 3.01. The Balaban J connectivity index is 2.46. The van der Waals surface area contributed by atoms with Crippen LogP contribution in [0.15, 0.2) is 18.2 Å². The van der Waals surface area contributed by atoms with Crippen LogP contribution in [0.1, 0.15) is 12.5 Å². The van der Waals surface area contributed by atoms with Crippen LogP contribution in [0.4, 0.5) is 19.1 Å². The highest BCUT2D eigenvalue weighted by Gasteiger charge is 2.30. The van der Waals surface area contributed by atoms with Gasteiger partial charge in [-0.25, -0.2) is 4.98 Å². The third kappa shape index (κ3) is 1.95. The van der Waals surface area contributed by atoms with Gasteiger partial charge in [0.1, 0.15) is 0 Å². The minimum absolute atomic E-state index is 0.380. The highest BCUT2D eigenvalue weighted by atomic mass is 19.4. The number of benzene rings is 1. The number of hydrogen-bond donors (Lipinski definition) is 2. The number of rotatable bonds is 2. The molecule has 0 spiro atoms. The Kier molecular flexibility index (Phi) is 2.49. The standard InChI is InChI=1S/C10H10F3N3/c1-2-14-9-15-7-4-3-6(10(11,12)13)5-8(7)16-9/h3-5H,2H2,1H3,(H2,14,15,16). The van der Waals surface area contributed by atoms with Gasteiger partial charge < -0.3 is 10.3 Å². The van der Waals surface area contributed by atoms with Crippen molar-refractivity contribution in [3.05, 3.63) is 23.8 Å². The monoisotopic (exact) mass is 229 g/mol. The van der Waals surface area contributed by atoms with Crippen molar-refractivity contribution in [3.63, 3.8) is 0 Å². The van der Waals surface area contributed by atoms with Crippen molar-refractivity contribution in [1.29, 1.82) is 0 Å². The molecule has 86 valence electrons. The highest BCUT2D eigenvalue weighted by molar-refractivity contribution is 5.78. The summed E-state index contributed by atoms with van der Waals surface area (Å²) < 4.78 is 37.3. The van der Waals surface area contributed by atoms with E-state index in [1.54, 1.807) is 0 Å². The SMILES string of the molecule is CCNc1nc2ccc(C(F)(F)F)cc2[nH]1. The number of alkyl halides is 3. The number of aromatic nitrogens is 2. The van der Waals surface area contributed by atoms with E-state index in [1.165, 1.54) is 6.07 Å². The number of aromatic amines is 1. The Morgan fingerprint density at radius 2 is 2.12 bits per heavy atom. The number of nitrogens with zero attached hydrogens (tertiary/aromatic N) is 1. The van der Waals surface area contributed by atoms with E-state index in [9.17, 15) is 13.2 Å². The van der Waals surface area contributed by atoms with Gasteiger partial charge in [0, 0.05) is 6.54 Å². The Bertz CT molecular complexity index is 501. The molecule has 0 bridgehead atoms. The quantitative estimate of drug-likeness (QED) is 0.831. The van der Waals surface area contributed by atoms with Gasteiger partial charge in [-0.2, -0.15) is 13.2 Å². The van der Waals surface area contributed by atoms with Crippen LogP contribution in [-0.4, -0.2) is 16.5 Å². The second-order valence-corrected chi connectivity index (χ2v) is 3.35. The van der Waals surface area contributed by atoms with E-state index in [-0.39, 0.29) is 0 Å². The normalized spacial score (nSPS) is 12.0. The van der Waals surface area contributed by atoms with Crippen LogP contribution in [0, 0.1) is 0 Å². The summed E-state index contributed by atoms with van der Waals surface area (Å²) in [6.07, 6.45) is -4.32. The lowest BCUT2D eigenvalue weighted by Crippen LogP contribution is -2.04. The van der Waals surface area contributed by atoms with Gasteiger partial charge in [0.2, 0.25) is 5.95 Å². The fourth-order valence-electron chi connectivity index (χ4n) is 1.44. The molecular weight excluding hydrogens is 219 g/mol. The second-order valence-electron chi connectivity index (χ2n) is 3.35. The minimum Gasteiger partial charge on any atom is -0.356 e. The number of imidazole rings is 1. The molecule has 3 nitrogen and oxygen atoms in total. The van der Waals surface area contributed by atoms with E-state index in [1.807, 2.05) is 6.92 Å². The van der Waals surface area contributed by atoms with Crippen LogP contribution in [0.2, 0.25) is 0 Å². The van der Waals surface area contributed by atoms with E-state index >= 15 is 0 Å². The average Bonchev–Trinajstić information content (AvgIpc) is 2.57. The Labute approximate surface area is 89.7 Å². The summed E-state index contributed by atoms with van der Waals surface area (Å²) in [6.45, 7) is 2.54. The molecule has 0 saturated heterocycles. The van der Waals surface area contributed by atoms with Crippen LogP contribution >= 0.6 is 0 Å². The molecule has 1 aromatic heterocycles. The first-order valence-corrected chi connectivity index (χ1v) is 4.81. The lowest BCUT2D eigenvalue weighted by molar-refractivity contribution is -0.137. The Morgan fingerprint density at radius 3 is 2.75 bits per heavy atom. The molecule has 0 radical (unpaired) electrons. The fourth-order valence-corrected chi connectivity index (χ4v) is 1.44. The average molecular weight is 229 g/mol. The minimum atomic E-state index is -4.32. The molecule has 0 aliphatic carbocycles. The van der Waals surface area contributed by atoms with E-state index < -0.39 is 11.7 Å². The van der Waals surface area contributed by atoms with Gasteiger partial charge in [-0.3, -0.25) is 0 Å². The summed E-state index contributed by atoms with van der Waals surface area (Å²) in [5, 5.41) is 2.91. The zero-order valence-electron chi connectivity index (χ0n) is 8.52. The lowest BCUT2D eigenvalue weighted by Gasteiger charge is -2.04. The first-order chi connectivity index (χ1) is 7.50. The molecule has 0 amide bonds. The topological polar surface area (TPSA) is 40.7 Å². The fraction of sp³-hybridized carbons (Fsp3) is 0.300. The van der Waals surface area contributed by atoms with Gasteiger partial charge in [0.25, 0.3) is 0 Å². The molecule has 16 heavy (non-hydrogen) atoms. The number of hydrogen-bond acceptors (Lipinski definition) is 2. The maximum atomic E-state index is 12.4. The molecule has 0 saturated carbocycles. The number of anilines is 1. The van der Waals surface area contributed by atoms with Gasteiger partial charge in [0.05, 0.1) is 16.6 Å². The van der Waals surface area contributed by atoms with Crippen LogP contribution < -0.4 is 5.32 Å². The molecule has 6 heteroatoms. The Morgan fingerprint density at radius 1 is 1.38 bits per heavy atom. The molecule has 0 fully saturated rings. The lowest BCUT2D eigenvalue weighted by atomic mass is 10.2. The van der Waals surface area contributed by atoms with E-state index in [4.69, 9.17) is 0 Å². The van der Waals surface area contributed by atoms with Gasteiger partial charge >= 0.3 is 6.18 Å². The number of nitrogens with one attached hydrogen (secondary N) is 2. The van der Waals surface area contributed by atoms with E-state index in [0.29, 0.717) is 23.5 Å². The van der Waals surface area contributed by atoms with Crippen molar-refractivity contribution in [1.82, 2.24) is 9.97 Å². The molecule has 1 aromatic carbocycles. The third-order valence-electron chi connectivity index (χ3n) is 2.15. The first kappa shape index (κ1) is 10.8. The summed E-state index contributed by atoms with van der Waals surface area (Å²) in [5.74, 6) is 0.483. The molecule has 0 aliphatic heterocycles. The van der Waals surface area contributed by atoms with Gasteiger partial charge in [-0.15, -0.1) is 0 Å². The predicted molar refractivity (Wildman–Crippen MR) is 55.3 cm³/mol. The highest BCUT2D eigenvalue weighted by Crippen LogP contribution is 2.31. The van der Waals surface area contributed by atoms with E-state index in [2.05, 4.69) is 15.3 Å². The van der Waals surface area contributed by atoms with Crippen molar-refractivity contribution >= 4 is 17.0 Å². The maximum Gasteiger partial charge on any atom is 0.416 e. The van der Waals surface area contributed by atoms with E-state index in [0.717, 1.165) is 12.1 Å². The van der Waals surface area contributed by atoms with Crippen LogP contribution in [0.25, 0.3) is 11.0 Å². The molecule has 1 heterocycles. The summed E-state index contributed by atoms with van der Waals surface area (Å²) in [6, 6.07) is 3.44. The van der Waals surface area contributed by atoms with Crippen LogP contribution in [-0.2, 0) is 6.18 Å². The molecule has 2 rings (SSSR count). The molecule has 0 atom stereocenters. The summed E-state index contributed by atoms with van der Waals surface area (Å²) >= 11 is 0. The van der Waals surface area contributed by atoms with Gasteiger partial charge in [0.15, 0.2) is 0 Å². The van der Waals surface area contributed by atoms with Gasteiger partial charge in [-0.1, -0.05) is 0 Å². The number of H-pyrrole nitrogens is 1. The molecule has 2 N–H and O–H groups in total. The van der Waals surface area contributed by atoms with Crippen LogP contribution in [0.3, 0.4) is 0 Å². The van der Waals surface area contributed by atoms with Crippen molar-refractivity contribution in [2.24, 2.45) is 0 Å². The second kappa shape index (κ2) is 3.70. The summed E-state index contributed by atoms with van der Waals surface area (Å²) in [5.41, 5.74) is 0.224. The van der Waals surface area contributed by atoms with Crippen molar-refractivity contribution in [2.75, 3.05) is 11.9 Å². The largest absolute Gasteiger partial charge is 0.416 e. The summed E-state index contributed by atoms with van der Waals surface area (Å²) in [7, 11) is 0. The maximum absolute atomic E-state index is 12.4. The number of halogens is 3. The zero-order chi connectivity index (χ0) is 11.8. The van der Waals surface area contributed by atoms with Crippen molar-refractivity contribution in [2.45, 2.75) is 13.1 Å². The zero-order valence-corrected chi connectivity index (χ0v) is 8.52. The first-order valence-electron chi connectivity index (χ1n) is 4.81. The van der Waals surface area contributed by atoms with Gasteiger partial charge in [-0.05, 0) is 25.1 Å². The smallest absolute Gasteiger partial charge is 0.356 e. The molecule has 2 aromatic rings. The van der Waals surface area contributed by atoms with Crippen molar-refractivity contribution in [3.8, 4) is 0 Å². The van der Waals surface area contributed by atoms with Crippen LogP contribution in [0.5, 0.6) is 0 Å². The third-order valence-corrected chi connectivity index (χ3v) is 2.15. The van der Waals surface area contributed by atoms with Crippen molar-refractivity contribution < 1.29 is 13.2 Å². The summed E-state index contributed by atoms with van der Waals surface area (Å²) in [4.78, 5) is 6.88. The molecule has 0 unspecified atom stereocenters. The Hall–Kier alpha value is -1.72. The molecular formula is C10H10F3N3.